The highest BCUT2D eigenvalue weighted by molar-refractivity contribution is 6.35. The lowest BCUT2D eigenvalue weighted by Gasteiger charge is -2.31. The fourth-order valence-corrected chi connectivity index (χ4v) is 4.21. The van der Waals surface area contributed by atoms with Crippen molar-refractivity contribution in [2.75, 3.05) is 6.61 Å². The molecule has 0 aromatic heterocycles. The van der Waals surface area contributed by atoms with Crippen LogP contribution >= 0.6 is 23.2 Å². The van der Waals surface area contributed by atoms with Gasteiger partial charge in [-0.3, -0.25) is 9.59 Å². The van der Waals surface area contributed by atoms with Crippen molar-refractivity contribution in [1.82, 2.24) is 10.2 Å². The molecule has 0 unspecified atom stereocenters. The molecule has 3 aromatic carbocycles. The van der Waals surface area contributed by atoms with E-state index < -0.39 is 6.04 Å². The van der Waals surface area contributed by atoms with E-state index in [0.717, 1.165) is 17.2 Å². The molecule has 0 heterocycles. The van der Waals surface area contributed by atoms with Gasteiger partial charge < -0.3 is 15.0 Å². The quantitative estimate of drug-likeness (QED) is 0.358. The summed E-state index contributed by atoms with van der Waals surface area (Å²) >= 11 is 12.4. The van der Waals surface area contributed by atoms with Crippen LogP contribution in [0.2, 0.25) is 10.0 Å². The van der Waals surface area contributed by atoms with Crippen molar-refractivity contribution < 1.29 is 14.3 Å². The number of fused-ring (bicyclic) bond motifs is 1. The van der Waals surface area contributed by atoms with Gasteiger partial charge in [0.05, 0.1) is 0 Å². The Kier molecular flexibility index (Phi) is 9.20. The normalized spacial score (nSPS) is 12.7. The molecule has 0 bridgehead atoms. The number of halogens is 2. The molecule has 0 fully saturated rings. The van der Waals surface area contributed by atoms with Gasteiger partial charge in [-0.15, -0.1) is 0 Å². The molecule has 34 heavy (non-hydrogen) atoms. The van der Waals surface area contributed by atoms with Gasteiger partial charge >= 0.3 is 0 Å². The number of benzene rings is 3. The Morgan fingerprint density at radius 2 is 1.74 bits per heavy atom. The zero-order valence-corrected chi connectivity index (χ0v) is 21.2. The first-order valence-electron chi connectivity index (χ1n) is 11.5. The fraction of sp³-hybridized carbons (Fsp3) is 0.333. The van der Waals surface area contributed by atoms with Crippen LogP contribution < -0.4 is 10.1 Å². The van der Waals surface area contributed by atoms with E-state index >= 15 is 0 Å². The van der Waals surface area contributed by atoms with Crippen molar-refractivity contribution in [2.24, 2.45) is 0 Å². The second-order valence-electron chi connectivity index (χ2n) is 8.27. The molecule has 3 aromatic rings. The first-order chi connectivity index (χ1) is 16.3. The van der Waals surface area contributed by atoms with Gasteiger partial charge in [0, 0.05) is 28.0 Å². The third-order valence-electron chi connectivity index (χ3n) is 5.84. The molecular weight excluding hydrogens is 471 g/mol. The molecule has 0 saturated carbocycles. The first kappa shape index (κ1) is 25.9. The highest BCUT2D eigenvalue weighted by atomic mass is 35.5. The average molecular weight is 501 g/mol. The minimum Gasteiger partial charge on any atom is -0.483 e. The van der Waals surface area contributed by atoms with Crippen LogP contribution in [-0.2, 0) is 16.1 Å². The molecule has 0 aliphatic heterocycles. The van der Waals surface area contributed by atoms with Crippen molar-refractivity contribution in [3.05, 3.63) is 76.3 Å². The van der Waals surface area contributed by atoms with Gasteiger partial charge in [0.1, 0.15) is 11.8 Å². The number of hydrogen-bond donors (Lipinski definition) is 1. The molecule has 0 saturated heterocycles. The smallest absolute Gasteiger partial charge is 0.261 e. The largest absolute Gasteiger partial charge is 0.483 e. The number of amides is 2. The lowest BCUT2D eigenvalue weighted by atomic mass is 10.1. The molecule has 0 radical (unpaired) electrons. The molecule has 5 nitrogen and oxygen atoms in total. The third-order valence-corrected chi connectivity index (χ3v) is 6.43. The Labute approximate surface area is 211 Å². The molecule has 1 N–H and O–H groups in total. The van der Waals surface area contributed by atoms with Gasteiger partial charge in [-0.1, -0.05) is 79.5 Å². The molecule has 3 rings (SSSR count). The summed E-state index contributed by atoms with van der Waals surface area (Å²) in [6.07, 6.45) is 1.25. The van der Waals surface area contributed by atoms with Gasteiger partial charge in [0.15, 0.2) is 6.61 Å². The number of rotatable bonds is 10. The van der Waals surface area contributed by atoms with Gasteiger partial charge in [0.2, 0.25) is 5.91 Å². The Bertz CT molecular complexity index is 1150. The minimum absolute atomic E-state index is 0.00422. The van der Waals surface area contributed by atoms with Gasteiger partial charge in [-0.05, 0) is 48.9 Å². The molecule has 0 aliphatic carbocycles. The van der Waals surface area contributed by atoms with Crippen LogP contribution in [0.3, 0.4) is 0 Å². The fourth-order valence-electron chi connectivity index (χ4n) is 3.74. The van der Waals surface area contributed by atoms with Crippen molar-refractivity contribution in [3.63, 3.8) is 0 Å². The molecule has 0 spiro atoms. The molecule has 180 valence electrons. The number of carbonyl (C=O) groups excluding carboxylic acids is 2. The van der Waals surface area contributed by atoms with E-state index in [9.17, 15) is 9.59 Å². The van der Waals surface area contributed by atoms with Crippen LogP contribution in [-0.4, -0.2) is 35.4 Å². The van der Waals surface area contributed by atoms with Crippen molar-refractivity contribution in [1.29, 1.82) is 0 Å². The van der Waals surface area contributed by atoms with Gasteiger partial charge in [0.25, 0.3) is 5.91 Å². The maximum absolute atomic E-state index is 13.4. The summed E-state index contributed by atoms with van der Waals surface area (Å²) in [6.45, 7) is 5.79. The summed E-state index contributed by atoms with van der Waals surface area (Å²) in [7, 11) is 0. The SMILES string of the molecule is CC[C@@H](C)NC(=O)[C@@H](CC)N(Cc1ccc(Cl)cc1Cl)C(=O)COc1cccc2ccccc12. The summed E-state index contributed by atoms with van der Waals surface area (Å²) < 4.78 is 5.95. The number of nitrogens with zero attached hydrogens (tertiary/aromatic N) is 1. The Morgan fingerprint density at radius 1 is 1.00 bits per heavy atom. The highest BCUT2D eigenvalue weighted by Crippen LogP contribution is 2.26. The summed E-state index contributed by atoms with van der Waals surface area (Å²) in [5.41, 5.74) is 0.708. The van der Waals surface area contributed by atoms with Crippen LogP contribution in [0.5, 0.6) is 5.75 Å². The second kappa shape index (κ2) is 12.1. The van der Waals surface area contributed by atoms with Crippen LogP contribution in [0.4, 0.5) is 0 Å². The summed E-state index contributed by atoms with van der Waals surface area (Å²) in [6, 6.07) is 18.0. The number of hydrogen-bond acceptors (Lipinski definition) is 3. The van der Waals surface area contributed by atoms with Crippen LogP contribution in [0.1, 0.15) is 39.2 Å². The first-order valence-corrected chi connectivity index (χ1v) is 12.2. The zero-order chi connectivity index (χ0) is 24.7. The van der Waals surface area contributed by atoms with E-state index in [4.69, 9.17) is 27.9 Å². The van der Waals surface area contributed by atoms with E-state index in [0.29, 0.717) is 27.8 Å². The summed E-state index contributed by atoms with van der Waals surface area (Å²) in [5, 5.41) is 5.89. The van der Waals surface area contributed by atoms with Gasteiger partial charge in [-0.2, -0.15) is 0 Å². The molecule has 0 aliphatic rings. The van der Waals surface area contributed by atoms with Crippen molar-refractivity contribution in [2.45, 2.75) is 52.2 Å². The predicted molar refractivity (Wildman–Crippen MR) is 138 cm³/mol. The Morgan fingerprint density at radius 3 is 2.44 bits per heavy atom. The van der Waals surface area contributed by atoms with E-state index in [1.807, 2.05) is 63.2 Å². The lowest BCUT2D eigenvalue weighted by molar-refractivity contribution is -0.143. The number of nitrogens with one attached hydrogen (secondary N) is 1. The van der Waals surface area contributed by atoms with Crippen molar-refractivity contribution >= 4 is 45.8 Å². The minimum atomic E-state index is -0.663. The molecule has 2 amide bonds. The van der Waals surface area contributed by atoms with E-state index in [1.165, 1.54) is 4.90 Å². The van der Waals surface area contributed by atoms with Crippen LogP contribution in [0.15, 0.2) is 60.7 Å². The summed E-state index contributed by atoms with van der Waals surface area (Å²) in [5.74, 6) is 0.124. The number of carbonyl (C=O) groups is 2. The Hall–Kier alpha value is -2.76. The third kappa shape index (κ3) is 6.43. The molecule has 7 heteroatoms. The number of ether oxygens (including phenoxy) is 1. The monoisotopic (exact) mass is 500 g/mol. The van der Waals surface area contributed by atoms with E-state index in [-0.39, 0.29) is 31.0 Å². The zero-order valence-electron chi connectivity index (χ0n) is 19.7. The second-order valence-corrected chi connectivity index (χ2v) is 9.11. The molecule has 2 atom stereocenters. The summed E-state index contributed by atoms with van der Waals surface area (Å²) in [4.78, 5) is 28.1. The topological polar surface area (TPSA) is 58.6 Å². The Balaban J connectivity index is 1.86. The maximum Gasteiger partial charge on any atom is 0.261 e. The predicted octanol–water partition coefficient (Wildman–Crippen LogP) is 6.25. The van der Waals surface area contributed by atoms with Crippen LogP contribution in [0.25, 0.3) is 10.8 Å². The average Bonchev–Trinajstić information content (AvgIpc) is 2.83. The lowest BCUT2D eigenvalue weighted by Crippen LogP contribution is -2.51. The highest BCUT2D eigenvalue weighted by Gasteiger charge is 2.30. The standard InChI is InChI=1S/C27H30Cl2N2O3/c1-4-18(3)30-27(33)24(5-2)31(16-20-13-14-21(28)15-23(20)29)26(32)17-34-25-12-8-10-19-9-6-7-11-22(19)25/h6-15,18,24H,4-5,16-17H2,1-3H3,(H,30,33)/t18-,24-/m1/s1. The molecular formula is C27H30Cl2N2O3. The maximum atomic E-state index is 13.4. The van der Waals surface area contributed by atoms with E-state index in [1.54, 1.807) is 18.2 Å². The van der Waals surface area contributed by atoms with E-state index in [2.05, 4.69) is 5.32 Å². The van der Waals surface area contributed by atoms with Crippen LogP contribution in [0, 0.1) is 0 Å². The van der Waals surface area contributed by atoms with Crippen molar-refractivity contribution in [3.8, 4) is 5.75 Å². The van der Waals surface area contributed by atoms with Gasteiger partial charge in [-0.25, -0.2) is 0 Å².